The molecule has 0 aliphatic carbocycles. The largest absolute Gasteiger partial charge is 0.269 e. The van der Waals surface area contributed by atoms with Gasteiger partial charge in [-0.05, 0) is 0 Å². The van der Waals surface area contributed by atoms with Gasteiger partial charge in [0, 0.05) is 11.8 Å². The smallest absolute Gasteiger partial charge is 0.0646 e. The molecule has 0 aliphatic heterocycles. The monoisotopic (exact) mass is 214 g/mol. The second kappa shape index (κ2) is 7.20. The third-order valence-electron chi connectivity index (χ3n) is 0.687. The average molecular weight is 216 g/mol. The minimum atomic E-state index is -0.212. The lowest BCUT2D eigenvalue weighted by Crippen LogP contribution is -2.17. The molecule has 5 heteroatoms. The van der Waals surface area contributed by atoms with E-state index in [9.17, 15) is 0 Å². The standard InChI is InChI=1S/C4H6Cl4.FH/c5-1-3(7)4(8)2-6;/h3-4H,1-2H2;1H. The number of halogens is 5. The highest BCUT2D eigenvalue weighted by Crippen LogP contribution is 2.12. The van der Waals surface area contributed by atoms with Crippen molar-refractivity contribution in [1.29, 1.82) is 0 Å². The van der Waals surface area contributed by atoms with E-state index in [4.69, 9.17) is 46.4 Å². The zero-order chi connectivity index (χ0) is 6.57. The van der Waals surface area contributed by atoms with E-state index in [1.54, 1.807) is 0 Å². The summed E-state index contributed by atoms with van der Waals surface area (Å²) in [6.45, 7) is 0. The van der Waals surface area contributed by atoms with Crippen LogP contribution >= 0.6 is 46.4 Å². The van der Waals surface area contributed by atoms with Crippen LogP contribution in [0.1, 0.15) is 0 Å². The number of hydrogen-bond donors (Lipinski definition) is 0. The Balaban J connectivity index is 0. The maximum Gasteiger partial charge on any atom is 0.0646 e. The van der Waals surface area contributed by atoms with Crippen molar-refractivity contribution in [3.63, 3.8) is 0 Å². The van der Waals surface area contributed by atoms with Gasteiger partial charge in [-0.2, -0.15) is 0 Å². The van der Waals surface area contributed by atoms with Gasteiger partial charge in [0.25, 0.3) is 0 Å². The maximum absolute atomic E-state index is 5.57. The Hall–Kier alpha value is 1.09. The molecule has 0 aromatic carbocycles. The lowest BCUT2D eigenvalue weighted by atomic mass is 10.4. The van der Waals surface area contributed by atoms with Gasteiger partial charge in [0.2, 0.25) is 0 Å². The summed E-state index contributed by atoms with van der Waals surface area (Å²) in [5, 5.41) is -0.424. The molecule has 2 unspecified atom stereocenters. The molecule has 58 valence electrons. The first kappa shape index (κ1) is 12.7. The van der Waals surface area contributed by atoms with Crippen molar-refractivity contribution < 1.29 is 4.70 Å². The highest BCUT2D eigenvalue weighted by Gasteiger charge is 2.13. The van der Waals surface area contributed by atoms with Crippen molar-refractivity contribution in [2.24, 2.45) is 0 Å². The molecule has 0 amide bonds. The molecule has 0 saturated carbocycles. The highest BCUT2D eigenvalue weighted by atomic mass is 35.5. The van der Waals surface area contributed by atoms with Crippen LogP contribution in [-0.2, 0) is 0 Å². The van der Waals surface area contributed by atoms with Crippen molar-refractivity contribution in [1.82, 2.24) is 0 Å². The quantitative estimate of drug-likeness (QED) is 0.636. The normalized spacial score (nSPS) is 16.0. The second-order valence-corrected chi connectivity index (χ2v) is 3.08. The fourth-order valence-electron chi connectivity index (χ4n) is 0.193. The SMILES string of the molecule is ClCC(Cl)C(Cl)CCl.F. The third-order valence-corrected chi connectivity index (χ3v) is 2.71. The van der Waals surface area contributed by atoms with Gasteiger partial charge in [-0.3, -0.25) is 4.70 Å². The Morgan fingerprint density at radius 1 is 0.889 bits per heavy atom. The maximum atomic E-state index is 5.57. The van der Waals surface area contributed by atoms with Crippen LogP contribution in [0.2, 0.25) is 0 Å². The van der Waals surface area contributed by atoms with Crippen LogP contribution < -0.4 is 0 Å². The Bertz CT molecular complexity index is 52.5. The molecule has 0 aromatic rings. The zero-order valence-corrected chi connectivity index (χ0v) is 7.51. The van der Waals surface area contributed by atoms with Gasteiger partial charge in [-0.15, -0.1) is 46.4 Å². The summed E-state index contributed by atoms with van der Waals surface area (Å²) in [6, 6.07) is 0. The summed E-state index contributed by atoms with van der Waals surface area (Å²) in [4.78, 5) is 0. The molecule has 0 radical (unpaired) electrons. The van der Waals surface area contributed by atoms with Crippen LogP contribution in [0, 0.1) is 0 Å². The Labute approximate surface area is 73.8 Å². The summed E-state index contributed by atoms with van der Waals surface area (Å²) < 4.78 is 0. The molecule has 0 N–H and O–H groups in total. The van der Waals surface area contributed by atoms with Gasteiger partial charge >= 0.3 is 0 Å². The fourth-order valence-corrected chi connectivity index (χ4v) is 0.984. The van der Waals surface area contributed by atoms with Crippen molar-refractivity contribution in [2.45, 2.75) is 10.8 Å². The first-order valence-electron chi connectivity index (χ1n) is 2.12. The Morgan fingerprint density at radius 2 is 1.11 bits per heavy atom. The molecule has 0 bridgehead atoms. The van der Waals surface area contributed by atoms with E-state index in [-0.39, 0.29) is 15.5 Å². The van der Waals surface area contributed by atoms with Crippen molar-refractivity contribution >= 4 is 46.4 Å². The topological polar surface area (TPSA) is 0 Å². The summed E-state index contributed by atoms with van der Waals surface area (Å²) in [6.07, 6.45) is 0. The predicted molar refractivity (Wildman–Crippen MR) is 43.2 cm³/mol. The molecule has 0 aromatic heterocycles. The van der Waals surface area contributed by atoms with E-state index in [1.165, 1.54) is 0 Å². The van der Waals surface area contributed by atoms with Crippen LogP contribution in [0.4, 0.5) is 4.70 Å². The predicted octanol–water partition coefficient (Wildman–Crippen LogP) is 2.83. The molecule has 0 nitrogen and oxygen atoms in total. The lowest BCUT2D eigenvalue weighted by molar-refractivity contribution is 0.917. The summed E-state index contributed by atoms with van der Waals surface area (Å²) in [7, 11) is 0. The second-order valence-electron chi connectivity index (χ2n) is 1.34. The number of hydrogen-bond acceptors (Lipinski definition) is 0. The first-order valence-corrected chi connectivity index (χ1v) is 4.06. The fraction of sp³-hybridized carbons (Fsp3) is 1.00. The van der Waals surface area contributed by atoms with Gasteiger partial charge in [0.1, 0.15) is 0 Å². The van der Waals surface area contributed by atoms with Gasteiger partial charge < -0.3 is 0 Å². The summed E-state index contributed by atoms with van der Waals surface area (Å²) in [5.41, 5.74) is 0. The van der Waals surface area contributed by atoms with Crippen LogP contribution in [0.25, 0.3) is 0 Å². The van der Waals surface area contributed by atoms with E-state index in [0.29, 0.717) is 11.8 Å². The van der Waals surface area contributed by atoms with Gasteiger partial charge in [0.15, 0.2) is 0 Å². The van der Waals surface area contributed by atoms with E-state index in [1.807, 2.05) is 0 Å². The van der Waals surface area contributed by atoms with Crippen LogP contribution in [0.3, 0.4) is 0 Å². The lowest BCUT2D eigenvalue weighted by Gasteiger charge is -2.07. The van der Waals surface area contributed by atoms with Gasteiger partial charge in [-0.25, -0.2) is 0 Å². The number of alkyl halides is 4. The molecule has 9 heavy (non-hydrogen) atoms. The zero-order valence-electron chi connectivity index (χ0n) is 4.49. The van der Waals surface area contributed by atoms with Crippen LogP contribution in [-0.4, -0.2) is 22.5 Å². The molecule has 0 rings (SSSR count). The Morgan fingerprint density at radius 3 is 1.22 bits per heavy atom. The number of rotatable bonds is 3. The van der Waals surface area contributed by atoms with Crippen molar-refractivity contribution in [2.75, 3.05) is 11.8 Å². The van der Waals surface area contributed by atoms with Crippen LogP contribution in [0.5, 0.6) is 0 Å². The molecular formula is C4H7Cl4F. The van der Waals surface area contributed by atoms with Crippen molar-refractivity contribution in [3.8, 4) is 0 Å². The first-order chi connectivity index (χ1) is 3.72. The molecule has 0 aliphatic rings. The highest BCUT2D eigenvalue weighted by molar-refractivity contribution is 6.36. The van der Waals surface area contributed by atoms with E-state index >= 15 is 0 Å². The molecular weight excluding hydrogens is 209 g/mol. The molecule has 0 fully saturated rings. The molecule has 0 saturated heterocycles. The molecule has 2 atom stereocenters. The van der Waals surface area contributed by atoms with Gasteiger partial charge in [-0.1, -0.05) is 0 Å². The van der Waals surface area contributed by atoms with E-state index in [0.717, 1.165) is 0 Å². The van der Waals surface area contributed by atoms with Gasteiger partial charge in [0.05, 0.1) is 10.8 Å². The molecule has 0 heterocycles. The molecule has 0 spiro atoms. The average Bonchev–Trinajstić information content (AvgIpc) is 1.84. The minimum absolute atomic E-state index is 0. The van der Waals surface area contributed by atoms with Crippen LogP contribution in [0.15, 0.2) is 0 Å². The minimum Gasteiger partial charge on any atom is -0.269 e. The van der Waals surface area contributed by atoms with E-state index in [2.05, 4.69) is 0 Å². The van der Waals surface area contributed by atoms with E-state index < -0.39 is 0 Å². The third kappa shape index (κ3) is 5.53. The Kier molecular flexibility index (Phi) is 10.2. The summed E-state index contributed by atoms with van der Waals surface area (Å²) in [5.74, 6) is 0.699. The van der Waals surface area contributed by atoms with Crippen molar-refractivity contribution in [3.05, 3.63) is 0 Å². The summed E-state index contributed by atoms with van der Waals surface area (Å²) >= 11 is 21.8.